The number of rotatable bonds is 4. The number of amides is 1. The summed E-state index contributed by atoms with van der Waals surface area (Å²) in [4.78, 5) is 11.0. The van der Waals surface area contributed by atoms with E-state index in [-0.39, 0.29) is 24.3 Å². The molecular formula is C11H21NO3. The molecule has 88 valence electrons. The van der Waals surface area contributed by atoms with Crippen LogP contribution in [0, 0.1) is 0 Å². The van der Waals surface area contributed by atoms with E-state index in [9.17, 15) is 4.79 Å². The number of nitrogens with one attached hydrogen (secondary N) is 1. The Bertz CT molecular complexity index is 200. The zero-order valence-electron chi connectivity index (χ0n) is 9.79. The minimum Gasteiger partial charge on any atom is -0.374 e. The molecular weight excluding hydrogens is 194 g/mol. The van der Waals surface area contributed by atoms with E-state index in [1.165, 1.54) is 6.92 Å². The van der Waals surface area contributed by atoms with Gasteiger partial charge in [0.15, 0.2) is 6.23 Å². The van der Waals surface area contributed by atoms with E-state index in [2.05, 4.69) is 5.32 Å². The molecule has 0 aromatic heterocycles. The highest BCUT2D eigenvalue weighted by atomic mass is 16.6. The van der Waals surface area contributed by atoms with Gasteiger partial charge in [-0.3, -0.25) is 4.79 Å². The largest absolute Gasteiger partial charge is 0.374 e. The van der Waals surface area contributed by atoms with Crippen molar-refractivity contribution >= 4 is 5.91 Å². The fraction of sp³-hybridized carbons (Fsp3) is 0.909. The normalized spacial score (nSPS) is 23.9. The van der Waals surface area contributed by atoms with E-state index in [4.69, 9.17) is 9.47 Å². The first-order chi connectivity index (χ1) is 7.09. The standard InChI is InChI=1S/C11H21NO3/c1-8(2)15-11(12-9(3)13)10-6-4-5-7-14-10/h8,10-11H,4-7H2,1-3H3,(H,12,13)/t10-,11-/m0/s1. The second-order valence-electron chi connectivity index (χ2n) is 4.21. The summed E-state index contributed by atoms with van der Waals surface area (Å²) in [7, 11) is 0. The maximum Gasteiger partial charge on any atom is 0.218 e. The van der Waals surface area contributed by atoms with E-state index in [0.717, 1.165) is 25.9 Å². The average Bonchev–Trinajstić information content (AvgIpc) is 2.17. The van der Waals surface area contributed by atoms with Crippen molar-refractivity contribution in [3.05, 3.63) is 0 Å². The van der Waals surface area contributed by atoms with Crippen LogP contribution in [0.4, 0.5) is 0 Å². The Morgan fingerprint density at radius 2 is 2.20 bits per heavy atom. The minimum absolute atomic E-state index is 0.00468. The van der Waals surface area contributed by atoms with Crippen LogP contribution in [0.2, 0.25) is 0 Å². The van der Waals surface area contributed by atoms with Gasteiger partial charge in [0.2, 0.25) is 5.91 Å². The van der Waals surface area contributed by atoms with Gasteiger partial charge in [-0.25, -0.2) is 0 Å². The summed E-state index contributed by atoms with van der Waals surface area (Å²) >= 11 is 0. The summed E-state index contributed by atoms with van der Waals surface area (Å²) in [6.07, 6.45) is 2.99. The van der Waals surface area contributed by atoms with E-state index < -0.39 is 0 Å². The minimum atomic E-state index is -0.303. The highest BCUT2D eigenvalue weighted by Crippen LogP contribution is 2.17. The van der Waals surface area contributed by atoms with Gasteiger partial charge in [0, 0.05) is 13.5 Å². The molecule has 0 saturated carbocycles. The number of ether oxygens (including phenoxy) is 2. The van der Waals surface area contributed by atoms with Crippen LogP contribution < -0.4 is 5.32 Å². The van der Waals surface area contributed by atoms with Crippen LogP contribution in [-0.2, 0) is 14.3 Å². The average molecular weight is 215 g/mol. The highest BCUT2D eigenvalue weighted by Gasteiger charge is 2.26. The molecule has 2 atom stereocenters. The Labute approximate surface area is 91.3 Å². The maximum atomic E-state index is 11.0. The Morgan fingerprint density at radius 1 is 1.47 bits per heavy atom. The van der Waals surface area contributed by atoms with Gasteiger partial charge in [-0.05, 0) is 33.1 Å². The molecule has 1 amide bonds. The summed E-state index contributed by atoms with van der Waals surface area (Å²) in [6, 6.07) is 0. The summed E-state index contributed by atoms with van der Waals surface area (Å²) in [5, 5.41) is 2.79. The lowest BCUT2D eigenvalue weighted by molar-refractivity contribution is -0.142. The van der Waals surface area contributed by atoms with Crippen LogP contribution in [0.5, 0.6) is 0 Å². The fourth-order valence-corrected chi connectivity index (χ4v) is 1.71. The van der Waals surface area contributed by atoms with Gasteiger partial charge in [0.05, 0.1) is 6.10 Å². The first-order valence-corrected chi connectivity index (χ1v) is 5.63. The molecule has 0 aliphatic carbocycles. The Balaban J connectivity index is 2.48. The van der Waals surface area contributed by atoms with Gasteiger partial charge in [0.1, 0.15) is 6.10 Å². The first kappa shape index (κ1) is 12.5. The smallest absolute Gasteiger partial charge is 0.218 e. The molecule has 0 spiro atoms. The van der Waals surface area contributed by atoms with Crippen molar-refractivity contribution < 1.29 is 14.3 Å². The molecule has 1 rings (SSSR count). The fourth-order valence-electron chi connectivity index (χ4n) is 1.71. The van der Waals surface area contributed by atoms with Crippen molar-refractivity contribution in [2.75, 3.05) is 6.61 Å². The van der Waals surface area contributed by atoms with Crippen molar-refractivity contribution in [2.24, 2.45) is 0 Å². The zero-order valence-corrected chi connectivity index (χ0v) is 9.79. The summed E-state index contributed by atoms with van der Waals surface area (Å²) in [5.41, 5.74) is 0. The molecule has 0 aromatic rings. The third-order valence-corrected chi connectivity index (χ3v) is 2.32. The predicted octanol–water partition coefficient (Wildman–Crippen LogP) is 1.44. The summed E-state index contributed by atoms with van der Waals surface area (Å²) < 4.78 is 11.2. The summed E-state index contributed by atoms with van der Waals surface area (Å²) in [5.74, 6) is -0.0742. The zero-order chi connectivity index (χ0) is 11.3. The maximum absolute atomic E-state index is 11.0. The van der Waals surface area contributed by atoms with E-state index in [0.29, 0.717) is 0 Å². The van der Waals surface area contributed by atoms with Gasteiger partial charge in [-0.2, -0.15) is 0 Å². The van der Waals surface area contributed by atoms with Crippen molar-refractivity contribution in [1.82, 2.24) is 5.32 Å². The second-order valence-corrected chi connectivity index (χ2v) is 4.21. The molecule has 1 fully saturated rings. The molecule has 0 radical (unpaired) electrons. The lowest BCUT2D eigenvalue weighted by Gasteiger charge is -2.31. The second kappa shape index (κ2) is 6.08. The quantitative estimate of drug-likeness (QED) is 0.722. The Kier molecular flexibility index (Phi) is 5.05. The van der Waals surface area contributed by atoms with Gasteiger partial charge in [-0.15, -0.1) is 0 Å². The SMILES string of the molecule is CC(=O)N[C@@H](OC(C)C)[C@@H]1CCCCO1. The summed E-state index contributed by atoms with van der Waals surface area (Å²) in [6.45, 7) is 6.18. The van der Waals surface area contributed by atoms with E-state index in [1.807, 2.05) is 13.8 Å². The van der Waals surface area contributed by atoms with E-state index in [1.54, 1.807) is 0 Å². The lowest BCUT2D eigenvalue weighted by Crippen LogP contribution is -2.47. The molecule has 0 aromatic carbocycles. The molecule has 0 bridgehead atoms. The molecule has 1 saturated heterocycles. The van der Waals surface area contributed by atoms with Gasteiger partial charge in [0.25, 0.3) is 0 Å². The van der Waals surface area contributed by atoms with Crippen LogP contribution in [-0.4, -0.2) is 30.9 Å². The number of carbonyl (C=O) groups is 1. The number of carbonyl (C=O) groups excluding carboxylic acids is 1. The highest BCUT2D eigenvalue weighted by molar-refractivity contribution is 5.73. The number of hydrogen-bond acceptors (Lipinski definition) is 3. The molecule has 1 N–H and O–H groups in total. The van der Waals surface area contributed by atoms with E-state index >= 15 is 0 Å². The van der Waals surface area contributed by atoms with Crippen molar-refractivity contribution in [1.29, 1.82) is 0 Å². The molecule has 4 nitrogen and oxygen atoms in total. The van der Waals surface area contributed by atoms with Crippen LogP contribution in [0.3, 0.4) is 0 Å². The molecule has 4 heteroatoms. The molecule has 1 heterocycles. The van der Waals surface area contributed by atoms with Crippen LogP contribution >= 0.6 is 0 Å². The Hall–Kier alpha value is -0.610. The third-order valence-electron chi connectivity index (χ3n) is 2.32. The van der Waals surface area contributed by atoms with Crippen LogP contribution in [0.25, 0.3) is 0 Å². The molecule has 0 unspecified atom stereocenters. The van der Waals surface area contributed by atoms with Crippen molar-refractivity contribution in [3.63, 3.8) is 0 Å². The Morgan fingerprint density at radius 3 is 2.67 bits per heavy atom. The van der Waals surface area contributed by atoms with Gasteiger partial charge >= 0.3 is 0 Å². The van der Waals surface area contributed by atoms with Crippen molar-refractivity contribution in [3.8, 4) is 0 Å². The topological polar surface area (TPSA) is 47.6 Å². The van der Waals surface area contributed by atoms with Crippen molar-refractivity contribution in [2.45, 2.75) is 58.5 Å². The molecule has 1 aliphatic rings. The lowest BCUT2D eigenvalue weighted by atomic mass is 10.1. The predicted molar refractivity (Wildman–Crippen MR) is 57.4 cm³/mol. The van der Waals surface area contributed by atoms with Gasteiger partial charge in [-0.1, -0.05) is 0 Å². The van der Waals surface area contributed by atoms with Gasteiger partial charge < -0.3 is 14.8 Å². The van der Waals surface area contributed by atoms with Crippen LogP contribution in [0.1, 0.15) is 40.0 Å². The first-order valence-electron chi connectivity index (χ1n) is 5.63. The monoisotopic (exact) mass is 215 g/mol. The van der Waals surface area contributed by atoms with Crippen LogP contribution in [0.15, 0.2) is 0 Å². The third kappa shape index (κ3) is 4.62. The number of hydrogen-bond donors (Lipinski definition) is 1. The molecule has 1 aliphatic heterocycles. The molecule has 15 heavy (non-hydrogen) atoms.